The van der Waals surface area contributed by atoms with Crippen LogP contribution in [0.15, 0.2) is 18.2 Å². The number of anilines is 1. The maximum Gasteiger partial charge on any atom is 0.417 e. The highest BCUT2D eigenvalue weighted by molar-refractivity contribution is 5.83. The van der Waals surface area contributed by atoms with E-state index < -0.39 is 17.3 Å². The highest BCUT2D eigenvalue weighted by Crippen LogP contribution is 2.47. The van der Waals surface area contributed by atoms with Crippen LogP contribution in [0, 0.1) is 22.7 Å². The fourth-order valence-electron chi connectivity index (χ4n) is 5.74. The highest BCUT2D eigenvalue weighted by atomic mass is 19.4. The Labute approximate surface area is 203 Å². The minimum absolute atomic E-state index is 0.0967. The van der Waals surface area contributed by atoms with Gasteiger partial charge in [0.1, 0.15) is 0 Å². The number of nitrogens with zero attached hydrogens (tertiary/aromatic N) is 4. The third kappa shape index (κ3) is 5.04. The Hall–Kier alpha value is -2.96. The van der Waals surface area contributed by atoms with E-state index in [9.17, 15) is 22.8 Å². The molecule has 0 saturated carbocycles. The summed E-state index contributed by atoms with van der Waals surface area (Å²) in [6.07, 6.45) is -0.601. The number of amides is 3. The third-order valence-electron chi connectivity index (χ3n) is 7.73. The van der Waals surface area contributed by atoms with Crippen LogP contribution in [0.4, 0.5) is 23.7 Å². The van der Waals surface area contributed by atoms with Crippen molar-refractivity contribution in [2.24, 2.45) is 11.3 Å². The first-order valence-corrected chi connectivity index (χ1v) is 12.4. The number of hydrogen-bond acceptors (Lipinski definition) is 4. The van der Waals surface area contributed by atoms with Gasteiger partial charge in [-0.05, 0) is 50.3 Å². The average molecular weight is 492 g/mol. The predicted octanol–water partition coefficient (Wildman–Crippen LogP) is 3.84. The zero-order chi connectivity index (χ0) is 25.2. The van der Waals surface area contributed by atoms with Crippen molar-refractivity contribution >= 4 is 17.6 Å². The summed E-state index contributed by atoms with van der Waals surface area (Å²) in [7, 11) is 0. The third-order valence-corrected chi connectivity index (χ3v) is 7.73. The number of carbonyl (C=O) groups excluding carboxylic acids is 2. The standard InChI is InChI=1S/C25H32F3N5O2/c1-2-9-30-23(35)33-16-21(22(34)32-10-3-4-11-32)24(17-33)7-12-31(13-8-24)19-6-5-18(15-29)20(14-19)25(26,27)28/h5-6,14,21H,2-4,7-13,16-17H2,1H3,(H,30,35). The molecule has 0 bridgehead atoms. The molecule has 0 radical (unpaired) electrons. The molecule has 0 aliphatic carbocycles. The normalized spacial score (nSPS) is 21.9. The molecule has 3 saturated heterocycles. The lowest BCUT2D eigenvalue weighted by Crippen LogP contribution is -2.49. The summed E-state index contributed by atoms with van der Waals surface area (Å²) in [5.41, 5.74) is -1.29. The van der Waals surface area contributed by atoms with Crippen molar-refractivity contribution in [3.8, 4) is 6.07 Å². The van der Waals surface area contributed by atoms with Crippen molar-refractivity contribution in [2.75, 3.05) is 50.7 Å². The largest absolute Gasteiger partial charge is 0.417 e. The van der Waals surface area contributed by atoms with Crippen LogP contribution in [-0.2, 0) is 11.0 Å². The van der Waals surface area contributed by atoms with Gasteiger partial charge in [-0.15, -0.1) is 0 Å². The van der Waals surface area contributed by atoms with E-state index in [1.54, 1.807) is 17.0 Å². The van der Waals surface area contributed by atoms with Crippen molar-refractivity contribution in [3.63, 3.8) is 0 Å². The van der Waals surface area contributed by atoms with Crippen LogP contribution in [0.1, 0.15) is 50.2 Å². The molecule has 1 aromatic rings. The lowest BCUT2D eigenvalue weighted by molar-refractivity contribution is -0.138. The molecule has 1 spiro atoms. The topological polar surface area (TPSA) is 79.7 Å². The van der Waals surface area contributed by atoms with E-state index in [1.807, 2.05) is 16.7 Å². The summed E-state index contributed by atoms with van der Waals surface area (Å²) >= 11 is 0. The van der Waals surface area contributed by atoms with Gasteiger partial charge in [-0.3, -0.25) is 4.79 Å². The molecular weight excluding hydrogens is 459 g/mol. The van der Waals surface area contributed by atoms with Crippen LogP contribution >= 0.6 is 0 Å². The Bertz CT molecular complexity index is 992. The van der Waals surface area contributed by atoms with Crippen LogP contribution in [0.5, 0.6) is 0 Å². The number of carbonyl (C=O) groups is 2. The van der Waals surface area contributed by atoms with Crippen molar-refractivity contribution in [1.82, 2.24) is 15.1 Å². The summed E-state index contributed by atoms with van der Waals surface area (Å²) in [5.74, 6) is -0.207. The number of hydrogen-bond donors (Lipinski definition) is 1. The fraction of sp³-hybridized carbons (Fsp3) is 0.640. The number of benzene rings is 1. The van der Waals surface area contributed by atoms with Gasteiger partial charge >= 0.3 is 12.2 Å². The maximum atomic E-state index is 13.5. The zero-order valence-corrected chi connectivity index (χ0v) is 20.0. The SMILES string of the molecule is CCCNC(=O)N1CC(C(=O)N2CCCC2)C2(CCN(c3ccc(C#N)c(C(F)(F)F)c3)CC2)C1. The number of likely N-dealkylation sites (tertiary alicyclic amines) is 2. The quantitative estimate of drug-likeness (QED) is 0.694. The Morgan fingerprint density at radius 3 is 2.43 bits per heavy atom. The van der Waals surface area contributed by atoms with Crippen LogP contribution in [0.2, 0.25) is 0 Å². The first kappa shape index (κ1) is 25.1. The number of rotatable bonds is 4. The summed E-state index contributed by atoms with van der Waals surface area (Å²) in [5, 5.41) is 12.0. The number of nitriles is 1. The Kier molecular flexibility index (Phi) is 7.15. The first-order valence-electron chi connectivity index (χ1n) is 12.4. The molecule has 1 atom stereocenters. The van der Waals surface area contributed by atoms with Gasteiger partial charge in [-0.25, -0.2) is 4.79 Å². The van der Waals surface area contributed by atoms with Gasteiger partial charge in [0.2, 0.25) is 5.91 Å². The number of alkyl halides is 3. The number of piperidine rings is 1. The lowest BCUT2D eigenvalue weighted by Gasteiger charge is -2.43. The van der Waals surface area contributed by atoms with Crippen molar-refractivity contribution in [2.45, 2.75) is 45.2 Å². The smallest absolute Gasteiger partial charge is 0.371 e. The van der Waals surface area contributed by atoms with Gasteiger partial charge < -0.3 is 20.0 Å². The minimum atomic E-state index is -4.61. The van der Waals surface area contributed by atoms with Crippen molar-refractivity contribution in [1.29, 1.82) is 5.26 Å². The van der Waals surface area contributed by atoms with Crippen LogP contribution < -0.4 is 10.2 Å². The van der Waals surface area contributed by atoms with Crippen molar-refractivity contribution < 1.29 is 22.8 Å². The van der Waals surface area contributed by atoms with E-state index >= 15 is 0 Å². The molecule has 1 N–H and O–H groups in total. The average Bonchev–Trinajstić information content (AvgIpc) is 3.51. The molecule has 3 amide bonds. The van der Waals surface area contributed by atoms with Gasteiger partial charge in [-0.1, -0.05) is 6.92 Å². The molecule has 3 fully saturated rings. The van der Waals surface area contributed by atoms with Gasteiger partial charge in [0.05, 0.1) is 23.1 Å². The molecule has 1 aromatic carbocycles. The van der Waals surface area contributed by atoms with Gasteiger partial charge in [-0.2, -0.15) is 18.4 Å². The molecule has 4 rings (SSSR count). The molecule has 3 aliphatic heterocycles. The number of halogens is 3. The Morgan fingerprint density at radius 2 is 1.83 bits per heavy atom. The van der Waals surface area contributed by atoms with E-state index in [0.717, 1.165) is 38.4 Å². The lowest BCUT2D eigenvalue weighted by atomic mass is 9.70. The minimum Gasteiger partial charge on any atom is -0.371 e. The fourth-order valence-corrected chi connectivity index (χ4v) is 5.74. The van der Waals surface area contributed by atoms with E-state index in [-0.39, 0.29) is 23.3 Å². The zero-order valence-electron chi connectivity index (χ0n) is 20.0. The maximum absolute atomic E-state index is 13.5. The predicted molar refractivity (Wildman–Crippen MR) is 125 cm³/mol. The van der Waals surface area contributed by atoms with Gasteiger partial charge in [0.15, 0.2) is 0 Å². The molecule has 3 aliphatic rings. The second-order valence-electron chi connectivity index (χ2n) is 9.89. The molecule has 0 aromatic heterocycles. The number of nitrogens with one attached hydrogen (secondary N) is 1. The van der Waals surface area contributed by atoms with Gasteiger partial charge in [0, 0.05) is 56.9 Å². The molecular formula is C25H32F3N5O2. The Morgan fingerprint density at radius 1 is 1.14 bits per heavy atom. The second kappa shape index (κ2) is 9.96. The molecule has 3 heterocycles. The monoisotopic (exact) mass is 491 g/mol. The molecule has 190 valence electrons. The van der Waals surface area contributed by atoms with Crippen LogP contribution in [0.25, 0.3) is 0 Å². The van der Waals surface area contributed by atoms with Gasteiger partial charge in [0.25, 0.3) is 0 Å². The first-order chi connectivity index (χ1) is 16.7. The van der Waals surface area contributed by atoms with E-state index in [4.69, 9.17) is 5.26 Å². The molecule has 10 heteroatoms. The van der Waals surface area contributed by atoms with E-state index in [0.29, 0.717) is 51.3 Å². The van der Waals surface area contributed by atoms with Crippen LogP contribution in [0.3, 0.4) is 0 Å². The summed E-state index contributed by atoms with van der Waals surface area (Å²) in [6, 6.07) is 5.28. The highest BCUT2D eigenvalue weighted by Gasteiger charge is 2.53. The second-order valence-corrected chi connectivity index (χ2v) is 9.89. The summed E-state index contributed by atoms with van der Waals surface area (Å²) in [4.78, 5) is 31.8. The molecule has 35 heavy (non-hydrogen) atoms. The molecule has 7 nitrogen and oxygen atoms in total. The Balaban J connectivity index is 1.54. The van der Waals surface area contributed by atoms with E-state index in [2.05, 4.69) is 5.32 Å². The summed E-state index contributed by atoms with van der Waals surface area (Å²) < 4.78 is 40.4. The van der Waals surface area contributed by atoms with Crippen LogP contribution in [-0.4, -0.2) is 67.6 Å². The molecule has 1 unspecified atom stereocenters. The number of urea groups is 1. The van der Waals surface area contributed by atoms with Crippen molar-refractivity contribution in [3.05, 3.63) is 29.3 Å². The summed E-state index contributed by atoms with van der Waals surface area (Å²) in [6.45, 7) is 5.85. The van der Waals surface area contributed by atoms with E-state index in [1.165, 1.54) is 6.07 Å².